The van der Waals surface area contributed by atoms with Crippen molar-refractivity contribution in [2.24, 2.45) is 0 Å². The van der Waals surface area contributed by atoms with E-state index in [1.54, 1.807) is 0 Å². The van der Waals surface area contributed by atoms with Crippen molar-refractivity contribution in [1.82, 2.24) is 4.98 Å². The van der Waals surface area contributed by atoms with Gasteiger partial charge in [0.2, 0.25) is 0 Å². The monoisotopic (exact) mass is 165 g/mol. The van der Waals surface area contributed by atoms with Gasteiger partial charge in [0, 0.05) is 11.9 Å². The van der Waals surface area contributed by atoms with E-state index in [1.807, 2.05) is 18.3 Å². The van der Waals surface area contributed by atoms with E-state index in [4.69, 9.17) is 0 Å². The number of aryl methyl sites for hydroxylation is 1. The summed E-state index contributed by atoms with van der Waals surface area (Å²) in [7, 11) is 2.62. The number of hydrogen-bond donors (Lipinski definition) is 0. The molecule has 0 saturated heterocycles. The smallest absolute Gasteiger partial charge is 0.0407 e. The summed E-state index contributed by atoms with van der Waals surface area (Å²) >= 11 is 0. The molecule has 0 radical (unpaired) electrons. The minimum Gasteiger partial charge on any atom is -0.261 e. The molecular formula is C9H12NP. The third-order valence-electron chi connectivity index (χ3n) is 1.45. The maximum absolute atomic E-state index is 4.25. The molecule has 0 aliphatic rings. The van der Waals surface area contributed by atoms with Crippen molar-refractivity contribution in [3.8, 4) is 0 Å². The van der Waals surface area contributed by atoms with Crippen LogP contribution in [0.4, 0.5) is 0 Å². The van der Waals surface area contributed by atoms with Gasteiger partial charge in [0.05, 0.1) is 0 Å². The minimum absolute atomic E-state index is 0.994. The largest absolute Gasteiger partial charge is 0.261 e. The van der Waals surface area contributed by atoms with E-state index in [0.29, 0.717) is 0 Å². The zero-order valence-corrected chi connectivity index (χ0v) is 7.61. The van der Waals surface area contributed by atoms with Crippen molar-refractivity contribution >= 4 is 14.5 Å². The second kappa shape index (κ2) is 4.25. The SMILES string of the molecule is C=CCCc1ccc(P)cn1. The van der Waals surface area contributed by atoms with Crippen LogP contribution in [0.5, 0.6) is 0 Å². The van der Waals surface area contributed by atoms with E-state index >= 15 is 0 Å². The Bertz CT molecular complexity index is 228. The van der Waals surface area contributed by atoms with Crippen LogP contribution in [0.1, 0.15) is 12.1 Å². The fourth-order valence-corrected chi connectivity index (χ4v) is 1.00. The molecule has 0 aromatic carbocycles. The average molecular weight is 165 g/mol. The molecule has 1 aromatic rings. The number of allylic oxidation sites excluding steroid dienone is 1. The number of pyridine rings is 1. The molecule has 0 aliphatic carbocycles. The molecule has 1 aromatic heterocycles. The number of nitrogens with zero attached hydrogens (tertiary/aromatic N) is 1. The Morgan fingerprint density at radius 1 is 1.55 bits per heavy atom. The molecule has 0 N–H and O–H groups in total. The normalized spacial score (nSPS) is 9.55. The Labute approximate surface area is 69.8 Å². The van der Waals surface area contributed by atoms with E-state index in [-0.39, 0.29) is 0 Å². The van der Waals surface area contributed by atoms with Gasteiger partial charge in [0.15, 0.2) is 0 Å². The first-order valence-corrected chi connectivity index (χ1v) is 4.22. The Hall–Kier alpha value is -0.680. The Kier molecular flexibility index (Phi) is 3.25. The maximum Gasteiger partial charge on any atom is 0.0407 e. The molecule has 58 valence electrons. The average Bonchev–Trinajstić information content (AvgIpc) is 2.04. The van der Waals surface area contributed by atoms with Gasteiger partial charge < -0.3 is 0 Å². The fraction of sp³-hybridized carbons (Fsp3) is 0.222. The highest BCUT2D eigenvalue weighted by Gasteiger charge is 1.90. The molecule has 0 bridgehead atoms. The van der Waals surface area contributed by atoms with Gasteiger partial charge in [0.25, 0.3) is 0 Å². The topological polar surface area (TPSA) is 12.9 Å². The second-order valence-corrected chi connectivity index (χ2v) is 3.08. The summed E-state index contributed by atoms with van der Waals surface area (Å²) in [5.74, 6) is 0. The second-order valence-electron chi connectivity index (χ2n) is 2.41. The van der Waals surface area contributed by atoms with Crippen LogP contribution in [0, 0.1) is 0 Å². The summed E-state index contributed by atoms with van der Waals surface area (Å²) in [6.07, 6.45) is 5.77. The van der Waals surface area contributed by atoms with Crippen LogP contribution in [-0.4, -0.2) is 4.98 Å². The van der Waals surface area contributed by atoms with Crippen molar-refractivity contribution in [3.63, 3.8) is 0 Å². The lowest BCUT2D eigenvalue weighted by atomic mass is 10.2. The Morgan fingerprint density at radius 3 is 2.91 bits per heavy atom. The molecule has 11 heavy (non-hydrogen) atoms. The highest BCUT2D eigenvalue weighted by Crippen LogP contribution is 1.98. The van der Waals surface area contributed by atoms with Crippen molar-refractivity contribution in [2.75, 3.05) is 0 Å². The molecule has 0 aliphatic heterocycles. The maximum atomic E-state index is 4.25. The lowest BCUT2D eigenvalue weighted by Gasteiger charge is -1.96. The molecule has 1 heterocycles. The predicted octanol–water partition coefficient (Wildman–Crippen LogP) is 1.70. The van der Waals surface area contributed by atoms with Gasteiger partial charge >= 0.3 is 0 Å². The molecule has 1 rings (SSSR count). The molecule has 0 saturated carbocycles. The first kappa shape index (κ1) is 8.42. The molecule has 1 nitrogen and oxygen atoms in total. The van der Waals surface area contributed by atoms with Crippen molar-refractivity contribution in [2.45, 2.75) is 12.8 Å². The summed E-state index contributed by atoms with van der Waals surface area (Å²) in [6, 6.07) is 4.10. The third kappa shape index (κ3) is 2.81. The quantitative estimate of drug-likeness (QED) is 0.490. The lowest BCUT2D eigenvalue weighted by molar-refractivity contribution is 0.948. The summed E-state index contributed by atoms with van der Waals surface area (Å²) in [4.78, 5) is 4.25. The van der Waals surface area contributed by atoms with E-state index in [0.717, 1.165) is 23.8 Å². The molecule has 0 amide bonds. The minimum atomic E-state index is 0.994. The zero-order valence-electron chi connectivity index (χ0n) is 6.46. The van der Waals surface area contributed by atoms with Gasteiger partial charge in [-0.2, -0.15) is 0 Å². The van der Waals surface area contributed by atoms with Crippen molar-refractivity contribution < 1.29 is 0 Å². The summed E-state index contributed by atoms with van der Waals surface area (Å²) in [5, 5.41) is 1.13. The number of rotatable bonds is 3. The van der Waals surface area contributed by atoms with Gasteiger partial charge in [-0.15, -0.1) is 15.8 Å². The van der Waals surface area contributed by atoms with Crippen LogP contribution in [-0.2, 0) is 6.42 Å². The van der Waals surface area contributed by atoms with Gasteiger partial charge in [-0.05, 0) is 24.2 Å². The highest BCUT2D eigenvalue weighted by molar-refractivity contribution is 7.27. The molecule has 1 unspecified atom stereocenters. The molecule has 2 heteroatoms. The van der Waals surface area contributed by atoms with Crippen molar-refractivity contribution in [1.29, 1.82) is 0 Å². The van der Waals surface area contributed by atoms with Crippen LogP contribution in [0.25, 0.3) is 0 Å². The summed E-state index contributed by atoms with van der Waals surface area (Å²) in [6.45, 7) is 3.66. The van der Waals surface area contributed by atoms with Crippen LogP contribution in [0.2, 0.25) is 0 Å². The van der Waals surface area contributed by atoms with Crippen molar-refractivity contribution in [3.05, 3.63) is 36.7 Å². The molecule has 1 atom stereocenters. The van der Waals surface area contributed by atoms with E-state index in [1.165, 1.54) is 0 Å². The van der Waals surface area contributed by atoms with Crippen LogP contribution >= 0.6 is 9.24 Å². The Balaban J connectivity index is 2.58. The standard InChI is InChI=1S/C9H12NP/c1-2-3-4-8-5-6-9(11)7-10-8/h2,5-7H,1,3-4,11H2. The Morgan fingerprint density at radius 2 is 2.36 bits per heavy atom. The molecular weight excluding hydrogens is 153 g/mol. The van der Waals surface area contributed by atoms with Gasteiger partial charge in [-0.1, -0.05) is 12.1 Å². The highest BCUT2D eigenvalue weighted by atomic mass is 31.0. The predicted molar refractivity (Wildman–Crippen MR) is 52.1 cm³/mol. The summed E-state index contributed by atoms with van der Waals surface area (Å²) in [5.41, 5.74) is 1.14. The van der Waals surface area contributed by atoms with Gasteiger partial charge in [-0.3, -0.25) is 4.98 Å². The van der Waals surface area contributed by atoms with Crippen LogP contribution in [0.15, 0.2) is 31.0 Å². The third-order valence-corrected chi connectivity index (χ3v) is 1.79. The van der Waals surface area contributed by atoms with E-state index < -0.39 is 0 Å². The van der Waals surface area contributed by atoms with Crippen LogP contribution < -0.4 is 5.30 Å². The number of aromatic nitrogens is 1. The zero-order chi connectivity index (χ0) is 8.10. The van der Waals surface area contributed by atoms with Gasteiger partial charge in [0.1, 0.15) is 0 Å². The first-order chi connectivity index (χ1) is 5.33. The molecule has 0 fully saturated rings. The lowest BCUT2D eigenvalue weighted by Crippen LogP contribution is -1.95. The van der Waals surface area contributed by atoms with E-state index in [2.05, 4.69) is 26.9 Å². The fourth-order valence-electron chi connectivity index (χ4n) is 0.834. The summed E-state index contributed by atoms with van der Waals surface area (Å²) < 4.78 is 0. The van der Waals surface area contributed by atoms with E-state index in [9.17, 15) is 0 Å². The number of hydrogen-bond acceptors (Lipinski definition) is 1. The molecule has 0 spiro atoms. The van der Waals surface area contributed by atoms with Gasteiger partial charge in [-0.25, -0.2) is 0 Å². The van der Waals surface area contributed by atoms with Crippen LogP contribution in [0.3, 0.4) is 0 Å². The first-order valence-electron chi connectivity index (χ1n) is 3.64.